The summed E-state index contributed by atoms with van der Waals surface area (Å²) in [4.78, 5) is 38.2. The molecule has 0 spiro atoms. The smallest absolute Gasteiger partial charge is 0.251 e. The van der Waals surface area contributed by atoms with Crippen molar-refractivity contribution >= 4 is 40.7 Å². The van der Waals surface area contributed by atoms with E-state index in [1.54, 1.807) is 18.2 Å². The monoisotopic (exact) mass is 442 g/mol. The normalized spacial score (nSPS) is 14.7. The topological polar surface area (TPSA) is 90.5 Å². The lowest BCUT2D eigenvalue weighted by Crippen LogP contribution is -2.37. The van der Waals surface area contributed by atoms with E-state index in [2.05, 4.69) is 20.9 Å². The Morgan fingerprint density at radius 2 is 1.55 bits per heavy atom. The summed E-state index contributed by atoms with van der Waals surface area (Å²) in [5.41, 5.74) is 2.20. The van der Waals surface area contributed by atoms with E-state index >= 15 is 0 Å². The molecule has 0 saturated carbocycles. The predicted molar refractivity (Wildman–Crippen MR) is 122 cm³/mol. The van der Waals surface area contributed by atoms with Crippen LogP contribution in [0.4, 0.5) is 11.4 Å². The molecule has 31 heavy (non-hydrogen) atoms. The van der Waals surface area contributed by atoms with Crippen LogP contribution in [-0.4, -0.2) is 42.3 Å². The molecular formula is C23H27ClN4O3. The lowest BCUT2D eigenvalue weighted by molar-refractivity contribution is -0.115. The molecule has 0 radical (unpaired) electrons. The number of amides is 3. The van der Waals surface area contributed by atoms with Crippen LogP contribution in [0.5, 0.6) is 0 Å². The Hall–Kier alpha value is -2.90. The van der Waals surface area contributed by atoms with E-state index in [1.807, 2.05) is 24.3 Å². The zero-order chi connectivity index (χ0) is 22.4. The second kappa shape index (κ2) is 10.4. The number of rotatable bonds is 7. The molecule has 0 aromatic heterocycles. The number of hydrogen-bond donors (Lipinski definition) is 3. The van der Waals surface area contributed by atoms with Gasteiger partial charge in [-0.1, -0.05) is 29.8 Å². The second-order valence-electron chi connectivity index (χ2n) is 7.65. The highest BCUT2D eigenvalue weighted by molar-refractivity contribution is 6.31. The third-order valence-corrected chi connectivity index (χ3v) is 5.48. The number of benzene rings is 2. The summed E-state index contributed by atoms with van der Waals surface area (Å²) in [6.45, 7) is 5.07. The number of nitrogens with zero attached hydrogens (tertiary/aromatic N) is 1. The predicted octanol–water partition coefficient (Wildman–Crippen LogP) is 3.82. The van der Waals surface area contributed by atoms with Crippen LogP contribution in [0.3, 0.4) is 0 Å². The van der Waals surface area contributed by atoms with Crippen LogP contribution < -0.4 is 16.0 Å². The van der Waals surface area contributed by atoms with Crippen molar-refractivity contribution in [3.63, 3.8) is 0 Å². The maximum Gasteiger partial charge on any atom is 0.251 e. The Morgan fingerprint density at radius 1 is 0.968 bits per heavy atom. The van der Waals surface area contributed by atoms with Gasteiger partial charge in [-0.25, -0.2) is 0 Å². The van der Waals surface area contributed by atoms with E-state index in [0.717, 1.165) is 31.5 Å². The number of hydrogen-bond acceptors (Lipinski definition) is 4. The fourth-order valence-electron chi connectivity index (χ4n) is 3.84. The molecule has 1 aliphatic heterocycles. The Labute approximate surface area is 187 Å². The van der Waals surface area contributed by atoms with Gasteiger partial charge in [0.2, 0.25) is 11.8 Å². The first-order valence-corrected chi connectivity index (χ1v) is 10.7. The first-order chi connectivity index (χ1) is 14.8. The van der Waals surface area contributed by atoms with Crippen LogP contribution in [0.2, 0.25) is 5.02 Å². The van der Waals surface area contributed by atoms with Crippen molar-refractivity contribution < 1.29 is 14.4 Å². The Morgan fingerprint density at radius 3 is 2.10 bits per heavy atom. The Bertz CT molecular complexity index is 939. The number of likely N-dealkylation sites (tertiary alicyclic amines) is 1. The average Bonchev–Trinajstić information content (AvgIpc) is 3.22. The van der Waals surface area contributed by atoms with Gasteiger partial charge in [-0.2, -0.15) is 0 Å². The van der Waals surface area contributed by atoms with Crippen LogP contribution >= 0.6 is 11.6 Å². The maximum atomic E-state index is 13.0. The van der Waals surface area contributed by atoms with Crippen molar-refractivity contribution in [3.05, 3.63) is 58.6 Å². The van der Waals surface area contributed by atoms with Gasteiger partial charge in [0.1, 0.15) is 0 Å². The SMILES string of the molecule is CC(=O)Nc1cc(NC(C)=O)cc(C(=O)NC[C@@H](c2ccccc2Cl)N2CCCC2)c1. The molecule has 0 unspecified atom stereocenters. The second-order valence-corrected chi connectivity index (χ2v) is 8.06. The average molecular weight is 443 g/mol. The zero-order valence-corrected chi connectivity index (χ0v) is 18.5. The molecule has 3 N–H and O–H groups in total. The third-order valence-electron chi connectivity index (χ3n) is 5.14. The quantitative estimate of drug-likeness (QED) is 0.608. The van der Waals surface area contributed by atoms with Crippen LogP contribution in [0.1, 0.15) is 48.7 Å². The fourth-order valence-corrected chi connectivity index (χ4v) is 4.10. The molecule has 0 bridgehead atoms. The number of nitrogens with one attached hydrogen (secondary N) is 3. The van der Waals surface area contributed by atoms with Gasteiger partial charge in [-0.15, -0.1) is 0 Å². The largest absolute Gasteiger partial charge is 0.350 e. The van der Waals surface area contributed by atoms with Crippen LogP contribution in [0.25, 0.3) is 0 Å². The molecule has 7 nitrogen and oxygen atoms in total. The summed E-state index contributed by atoms with van der Waals surface area (Å²) in [6.07, 6.45) is 2.24. The molecule has 1 saturated heterocycles. The molecule has 2 aromatic carbocycles. The van der Waals surface area contributed by atoms with Gasteiger partial charge in [0.15, 0.2) is 0 Å². The molecule has 1 fully saturated rings. The van der Waals surface area contributed by atoms with Crippen LogP contribution in [-0.2, 0) is 9.59 Å². The minimum absolute atomic E-state index is 0.0338. The molecule has 0 aliphatic carbocycles. The van der Waals surface area contributed by atoms with Crippen molar-refractivity contribution in [1.29, 1.82) is 0 Å². The standard InChI is InChI=1S/C23H27ClN4O3/c1-15(29)26-18-11-17(12-19(13-18)27-16(2)30)23(31)25-14-22(28-9-5-6-10-28)20-7-3-4-8-21(20)24/h3-4,7-8,11-13,22H,5-6,9-10,14H2,1-2H3,(H,25,31)(H,26,29)(H,27,30)/t22-/m0/s1. The number of anilines is 2. The molecule has 1 aliphatic rings. The van der Waals surface area contributed by atoms with E-state index in [4.69, 9.17) is 11.6 Å². The van der Waals surface area contributed by atoms with Crippen molar-refractivity contribution in [1.82, 2.24) is 10.2 Å². The third kappa shape index (κ3) is 6.29. The Balaban J connectivity index is 1.80. The molecule has 3 amide bonds. The summed E-state index contributed by atoms with van der Waals surface area (Å²) in [5, 5.41) is 8.99. The molecule has 2 aromatic rings. The molecule has 164 valence electrons. The van der Waals surface area contributed by atoms with E-state index in [1.165, 1.54) is 13.8 Å². The summed E-state index contributed by atoms with van der Waals surface area (Å²) in [6, 6.07) is 12.4. The van der Waals surface area contributed by atoms with Gasteiger partial charge in [-0.05, 0) is 55.8 Å². The molecule has 1 atom stereocenters. The Kier molecular flexibility index (Phi) is 7.65. The van der Waals surface area contributed by atoms with E-state index in [0.29, 0.717) is 28.5 Å². The summed E-state index contributed by atoms with van der Waals surface area (Å²) in [5.74, 6) is -0.826. The lowest BCUT2D eigenvalue weighted by Gasteiger charge is -2.29. The minimum Gasteiger partial charge on any atom is -0.350 e. The molecule has 3 rings (SSSR count). The summed E-state index contributed by atoms with van der Waals surface area (Å²) >= 11 is 6.45. The highest BCUT2D eigenvalue weighted by Gasteiger charge is 2.25. The number of carbonyl (C=O) groups is 3. The van der Waals surface area contributed by atoms with Crippen molar-refractivity contribution in [2.75, 3.05) is 30.3 Å². The van der Waals surface area contributed by atoms with Gasteiger partial charge in [0, 0.05) is 42.4 Å². The highest BCUT2D eigenvalue weighted by atomic mass is 35.5. The van der Waals surface area contributed by atoms with Gasteiger partial charge in [0.25, 0.3) is 5.91 Å². The van der Waals surface area contributed by atoms with E-state index in [-0.39, 0.29) is 23.8 Å². The minimum atomic E-state index is -0.296. The first-order valence-electron chi connectivity index (χ1n) is 10.3. The fraction of sp³-hybridized carbons (Fsp3) is 0.348. The molecular weight excluding hydrogens is 416 g/mol. The van der Waals surface area contributed by atoms with Crippen LogP contribution in [0.15, 0.2) is 42.5 Å². The molecule has 1 heterocycles. The number of carbonyl (C=O) groups excluding carboxylic acids is 3. The van der Waals surface area contributed by atoms with Crippen molar-refractivity contribution in [3.8, 4) is 0 Å². The van der Waals surface area contributed by atoms with E-state index in [9.17, 15) is 14.4 Å². The van der Waals surface area contributed by atoms with Gasteiger partial charge in [0.05, 0.1) is 6.04 Å². The van der Waals surface area contributed by atoms with Crippen molar-refractivity contribution in [2.24, 2.45) is 0 Å². The summed E-state index contributed by atoms with van der Waals surface area (Å²) in [7, 11) is 0. The van der Waals surface area contributed by atoms with Crippen LogP contribution in [0, 0.1) is 0 Å². The van der Waals surface area contributed by atoms with Gasteiger partial charge in [-0.3, -0.25) is 19.3 Å². The first kappa shape index (κ1) is 22.8. The van der Waals surface area contributed by atoms with E-state index < -0.39 is 0 Å². The summed E-state index contributed by atoms with van der Waals surface area (Å²) < 4.78 is 0. The number of halogens is 1. The van der Waals surface area contributed by atoms with Gasteiger partial charge >= 0.3 is 0 Å². The maximum absolute atomic E-state index is 13.0. The van der Waals surface area contributed by atoms with Gasteiger partial charge < -0.3 is 16.0 Å². The zero-order valence-electron chi connectivity index (χ0n) is 17.7. The molecule has 8 heteroatoms. The highest BCUT2D eigenvalue weighted by Crippen LogP contribution is 2.30. The van der Waals surface area contributed by atoms with Crippen molar-refractivity contribution in [2.45, 2.75) is 32.7 Å². The lowest BCUT2D eigenvalue weighted by atomic mass is 10.0.